The lowest BCUT2D eigenvalue weighted by atomic mass is 9.72. The summed E-state index contributed by atoms with van der Waals surface area (Å²) in [5, 5.41) is 0. The van der Waals surface area contributed by atoms with Gasteiger partial charge in [0.25, 0.3) is 0 Å². The van der Waals surface area contributed by atoms with E-state index >= 15 is 0 Å². The van der Waals surface area contributed by atoms with E-state index in [4.69, 9.17) is 4.42 Å². The molecule has 0 unspecified atom stereocenters. The molecule has 1 aromatic heterocycles. The number of fused-ring (bicyclic) bond motifs is 2. The van der Waals surface area contributed by atoms with E-state index in [1.54, 1.807) is 0 Å². The van der Waals surface area contributed by atoms with Crippen molar-refractivity contribution in [2.45, 2.75) is 51.6 Å². The van der Waals surface area contributed by atoms with E-state index in [9.17, 15) is 0 Å². The van der Waals surface area contributed by atoms with Crippen molar-refractivity contribution in [2.75, 3.05) is 6.54 Å². The molecule has 0 spiro atoms. The number of aromatic nitrogens is 1. The Balaban J connectivity index is 1.55. The zero-order chi connectivity index (χ0) is 14.2. The predicted octanol–water partition coefficient (Wildman–Crippen LogP) is 4.23. The van der Waals surface area contributed by atoms with Gasteiger partial charge in [-0.25, -0.2) is 4.98 Å². The molecule has 1 aromatic carbocycles. The molecule has 3 nitrogen and oxygen atoms in total. The second kappa shape index (κ2) is 5.45. The molecular weight excluding hydrogens is 260 g/mol. The van der Waals surface area contributed by atoms with E-state index in [2.05, 4.69) is 16.8 Å². The van der Waals surface area contributed by atoms with E-state index in [1.807, 2.05) is 24.3 Å². The topological polar surface area (TPSA) is 29.3 Å². The highest BCUT2D eigenvalue weighted by Crippen LogP contribution is 2.39. The summed E-state index contributed by atoms with van der Waals surface area (Å²) >= 11 is 0. The number of rotatable bonds is 2. The first-order valence-corrected chi connectivity index (χ1v) is 8.40. The number of piperidine rings is 1. The molecule has 2 heterocycles. The van der Waals surface area contributed by atoms with Crippen LogP contribution in [0.3, 0.4) is 0 Å². The van der Waals surface area contributed by atoms with Crippen molar-refractivity contribution in [3.8, 4) is 0 Å². The third kappa shape index (κ3) is 2.48. The Morgan fingerprint density at radius 2 is 2.05 bits per heavy atom. The lowest BCUT2D eigenvalue weighted by molar-refractivity contribution is 0.0157. The highest BCUT2D eigenvalue weighted by atomic mass is 16.3. The van der Waals surface area contributed by atoms with Gasteiger partial charge in [0.15, 0.2) is 5.58 Å². The van der Waals surface area contributed by atoms with Crippen molar-refractivity contribution < 1.29 is 4.42 Å². The standard InChI is InChI=1S/C18H24N2O/c1-13-10-11-20(16-8-4-2-6-14(13)16)12-18-19-15-7-3-5-9-17(15)21-18/h3,5,7,9,13-14,16H,2,4,6,8,10-12H2,1H3/t13-,14+,16-/m1/s1. The third-order valence-electron chi connectivity index (χ3n) is 5.53. The van der Waals surface area contributed by atoms with Crippen LogP contribution >= 0.6 is 0 Å². The molecule has 0 bridgehead atoms. The Morgan fingerprint density at radius 1 is 1.19 bits per heavy atom. The minimum atomic E-state index is 0.748. The molecule has 0 amide bonds. The van der Waals surface area contributed by atoms with Gasteiger partial charge in [0, 0.05) is 6.04 Å². The van der Waals surface area contributed by atoms with Crippen LogP contribution in [0.25, 0.3) is 11.1 Å². The van der Waals surface area contributed by atoms with Gasteiger partial charge in [0.05, 0.1) is 6.54 Å². The summed E-state index contributed by atoms with van der Waals surface area (Å²) in [5.41, 5.74) is 1.90. The van der Waals surface area contributed by atoms with Gasteiger partial charge in [-0.1, -0.05) is 31.9 Å². The summed E-state index contributed by atoms with van der Waals surface area (Å²) < 4.78 is 5.92. The maximum atomic E-state index is 5.92. The lowest BCUT2D eigenvalue weighted by Gasteiger charge is -2.47. The zero-order valence-corrected chi connectivity index (χ0v) is 12.8. The molecule has 1 saturated heterocycles. The molecule has 1 aliphatic carbocycles. The minimum absolute atomic E-state index is 0.748. The first-order valence-electron chi connectivity index (χ1n) is 8.40. The van der Waals surface area contributed by atoms with Gasteiger partial charge in [-0.3, -0.25) is 4.90 Å². The molecule has 2 aromatic rings. The lowest BCUT2D eigenvalue weighted by Crippen LogP contribution is -2.49. The van der Waals surface area contributed by atoms with Gasteiger partial charge in [-0.2, -0.15) is 0 Å². The second-order valence-corrected chi connectivity index (χ2v) is 6.83. The third-order valence-corrected chi connectivity index (χ3v) is 5.53. The van der Waals surface area contributed by atoms with Crippen molar-refractivity contribution in [3.63, 3.8) is 0 Å². The number of oxazole rings is 1. The fourth-order valence-corrected chi connectivity index (χ4v) is 4.36. The summed E-state index contributed by atoms with van der Waals surface area (Å²) in [4.78, 5) is 7.29. The van der Waals surface area contributed by atoms with E-state index in [0.717, 1.165) is 41.4 Å². The Hall–Kier alpha value is -1.35. The molecule has 1 saturated carbocycles. The van der Waals surface area contributed by atoms with Crippen LogP contribution < -0.4 is 0 Å². The van der Waals surface area contributed by atoms with E-state index in [-0.39, 0.29) is 0 Å². The van der Waals surface area contributed by atoms with E-state index in [1.165, 1.54) is 38.6 Å². The molecule has 3 atom stereocenters. The van der Waals surface area contributed by atoms with Crippen molar-refractivity contribution in [1.29, 1.82) is 0 Å². The first-order chi connectivity index (χ1) is 10.3. The molecule has 0 N–H and O–H groups in total. The summed E-state index contributed by atoms with van der Waals surface area (Å²) in [7, 11) is 0. The SMILES string of the molecule is C[C@@H]1CCN(Cc2nc3ccccc3o2)[C@@H]2CCCC[C@@H]12. The van der Waals surface area contributed by atoms with E-state index < -0.39 is 0 Å². The molecular formula is C18H24N2O. The van der Waals surface area contributed by atoms with Gasteiger partial charge in [-0.05, 0) is 49.8 Å². The average Bonchev–Trinajstić information content (AvgIpc) is 2.93. The zero-order valence-electron chi connectivity index (χ0n) is 12.8. The first kappa shape index (κ1) is 13.3. The Kier molecular flexibility index (Phi) is 3.46. The summed E-state index contributed by atoms with van der Waals surface area (Å²) in [6.07, 6.45) is 6.90. The monoisotopic (exact) mass is 284 g/mol. The molecule has 2 aliphatic rings. The van der Waals surface area contributed by atoms with Crippen molar-refractivity contribution >= 4 is 11.1 Å². The van der Waals surface area contributed by atoms with Crippen molar-refractivity contribution in [2.24, 2.45) is 11.8 Å². The van der Waals surface area contributed by atoms with Crippen LogP contribution in [0.2, 0.25) is 0 Å². The molecule has 3 heteroatoms. The quantitative estimate of drug-likeness (QED) is 0.826. The van der Waals surface area contributed by atoms with Crippen LogP contribution in [0.1, 0.15) is 44.9 Å². The Labute approximate surface area is 126 Å². The highest BCUT2D eigenvalue weighted by Gasteiger charge is 2.37. The van der Waals surface area contributed by atoms with Crippen LogP contribution in [0, 0.1) is 11.8 Å². The summed E-state index contributed by atoms with van der Waals surface area (Å²) in [5.74, 6) is 2.65. The van der Waals surface area contributed by atoms with Gasteiger partial charge in [-0.15, -0.1) is 0 Å². The smallest absolute Gasteiger partial charge is 0.209 e. The number of hydrogen-bond donors (Lipinski definition) is 0. The van der Waals surface area contributed by atoms with E-state index in [0.29, 0.717) is 0 Å². The van der Waals surface area contributed by atoms with Gasteiger partial charge >= 0.3 is 0 Å². The summed E-state index contributed by atoms with van der Waals surface area (Å²) in [6.45, 7) is 4.52. The van der Waals surface area contributed by atoms with Crippen molar-refractivity contribution in [1.82, 2.24) is 9.88 Å². The average molecular weight is 284 g/mol. The van der Waals surface area contributed by atoms with Crippen LogP contribution in [-0.2, 0) is 6.54 Å². The fraction of sp³-hybridized carbons (Fsp3) is 0.611. The van der Waals surface area contributed by atoms with Crippen LogP contribution in [0.15, 0.2) is 28.7 Å². The molecule has 0 radical (unpaired) electrons. The maximum absolute atomic E-state index is 5.92. The number of likely N-dealkylation sites (tertiary alicyclic amines) is 1. The van der Waals surface area contributed by atoms with Crippen LogP contribution in [0.4, 0.5) is 0 Å². The largest absolute Gasteiger partial charge is 0.439 e. The van der Waals surface area contributed by atoms with Gasteiger partial charge < -0.3 is 4.42 Å². The number of hydrogen-bond acceptors (Lipinski definition) is 3. The van der Waals surface area contributed by atoms with Crippen LogP contribution in [0.5, 0.6) is 0 Å². The minimum Gasteiger partial charge on any atom is -0.439 e. The normalized spacial score (nSPS) is 30.4. The van der Waals surface area contributed by atoms with Crippen molar-refractivity contribution in [3.05, 3.63) is 30.2 Å². The maximum Gasteiger partial charge on any atom is 0.209 e. The predicted molar refractivity (Wildman–Crippen MR) is 83.9 cm³/mol. The molecule has 21 heavy (non-hydrogen) atoms. The number of nitrogens with zero attached hydrogens (tertiary/aromatic N) is 2. The van der Waals surface area contributed by atoms with Gasteiger partial charge in [0.1, 0.15) is 5.52 Å². The molecule has 2 fully saturated rings. The molecule has 4 rings (SSSR count). The van der Waals surface area contributed by atoms with Crippen LogP contribution in [-0.4, -0.2) is 22.5 Å². The second-order valence-electron chi connectivity index (χ2n) is 6.83. The Morgan fingerprint density at radius 3 is 2.95 bits per heavy atom. The molecule has 112 valence electrons. The summed E-state index contributed by atoms with van der Waals surface area (Å²) in [6, 6.07) is 8.82. The van der Waals surface area contributed by atoms with Gasteiger partial charge in [0.2, 0.25) is 5.89 Å². The Bertz CT molecular complexity index is 587. The fourth-order valence-electron chi connectivity index (χ4n) is 4.36. The number of para-hydroxylation sites is 2. The highest BCUT2D eigenvalue weighted by molar-refractivity contribution is 5.72. The number of benzene rings is 1. The molecule has 1 aliphatic heterocycles.